The zero-order chi connectivity index (χ0) is 20.1. The van der Waals surface area contributed by atoms with Gasteiger partial charge in [-0.3, -0.25) is 4.79 Å². The lowest BCUT2D eigenvalue weighted by Gasteiger charge is -2.36. The molecule has 0 saturated carbocycles. The van der Waals surface area contributed by atoms with Crippen LogP contribution in [0, 0.1) is 5.82 Å². The summed E-state index contributed by atoms with van der Waals surface area (Å²) in [5.74, 6) is -0.313. The molecule has 1 aliphatic heterocycles. The van der Waals surface area contributed by atoms with Crippen molar-refractivity contribution in [2.75, 3.05) is 13.2 Å². The fraction of sp³-hybridized carbons (Fsp3) is 0.261. The van der Waals surface area contributed by atoms with Gasteiger partial charge in [-0.15, -0.1) is 0 Å². The zero-order valence-electron chi connectivity index (χ0n) is 16.0. The summed E-state index contributed by atoms with van der Waals surface area (Å²) in [6, 6.07) is 17.8. The van der Waals surface area contributed by atoms with Gasteiger partial charge in [0.25, 0.3) is 0 Å². The van der Waals surface area contributed by atoms with E-state index in [1.165, 1.54) is 18.5 Å². The molecule has 5 nitrogen and oxygen atoms in total. The van der Waals surface area contributed by atoms with Crippen molar-refractivity contribution >= 4 is 5.91 Å². The van der Waals surface area contributed by atoms with Gasteiger partial charge < -0.3 is 10.1 Å². The monoisotopic (exact) mass is 391 g/mol. The third-order valence-electron chi connectivity index (χ3n) is 5.40. The van der Waals surface area contributed by atoms with Crippen LogP contribution in [0.3, 0.4) is 0 Å². The Balaban J connectivity index is 1.51. The molecule has 1 fully saturated rings. The molecule has 0 radical (unpaired) electrons. The van der Waals surface area contributed by atoms with Crippen molar-refractivity contribution < 1.29 is 13.9 Å². The van der Waals surface area contributed by atoms with Crippen LogP contribution in [0.4, 0.5) is 4.39 Å². The highest BCUT2D eigenvalue weighted by Gasteiger charge is 2.41. The maximum absolute atomic E-state index is 13.2. The topological polar surface area (TPSA) is 64.1 Å². The van der Waals surface area contributed by atoms with E-state index in [4.69, 9.17) is 4.74 Å². The molecular formula is C23H22FN3O2. The predicted molar refractivity (Wildman–Crippen MR) is 107 cm³/mol. The molecule has 0 aliphatic carbocycles. The van der Waals surface area contributed by atoms with Gasteiger partial charge >= 0.3 is 0 Å². The van der Waals surface area contributed by atoms with E-state index in [1.807, 2.05) is 36.4 Å². The Morgan fingerprint density at radius 1 is 1.03 bits per heavy atom. The van der Waals surface area contributed by atoms with E-state index < -0.39 is 5.41 Å². The van der Waals surface area contributed by atoms with E-state index in [0.29, 0.717) is 44.0 Å². The minimum atomic E-state index is -0.591. The summed E-state index contributed by atoms with van der Waals surface area (Å²) in [4.78, 5) is 21.8. The van der Waals surface area contributed by atoms with E-state index in [0.717, 1.165) is 11.1 Å². The second-order valence-corrected chi connectivity index (χ2v) is 7.14. The Morgan fingerprint density at radius 2 is 1.76 bits per heavy atom. The number of nitrogens with one attached hydrogen (secondary N) is 1. The highest BCUT2D eigenvalue weighted by molar-refractivity contribution is 5.88. The number of amides is 1. The van der Waals surface area contributed by atoms with Gasteiger partial charge in [-0.05, 0) is 48.7 Å². The normalized spacial score (nSPS) is 15.6. The van der Waals surface area contributed by atoms with E-state index in [9.17, 15) is 9.18 Å². The standard InChI is InChI=1S/C23H22FN3O2/c24-19-8-6-17(7-9-19)21-14-20(26-16-27-21)15-25-22(28)23(10-12-29-13-11-23)18-4-2-1-3-5-18/h1-9,14,16H,10-13,15H2,(H,25,28). The number of hydrogen-bond donors (Lipinski definition) is 1. The molecule has 1 aliphatic rings. The van der Waals surface area contributed by atoms with Crippen molar-refractivity contribution in [1.29, 1.82) is 0 Å². The first-order chi connectivity index (χ1) is 14.2. The van der Waals surface area contributed by atoms with Crippen molar-refractivity contribution in [1.82, 2.24) is 15.3 Å². The quantitative estimate of drug-likeness (QED) is 0.721. The molecular weight excluding hydrogens is 369 g/mol. The third-order valence-corrected chi connectivity index (χ3v) is 5.40. The molecule has 2 heterocycles. The molecule has 148 valence electrons. The first-order valence-corrected chi connectivity index (χ1v) is 9.66. The average Bonchev–Trinajstić information content (AvgIpc) is 2.79. The smallest absolute Gasteiger partial charge is 0.231 e. The highest BCUT2D eigenvalue weighted by atomic mass is 19.1. The summed E-state index contributed by atoms with van der Waals surface area (Å²) in [6.07, 6.45) is 2.75. The van der Waals surface area contributed by atoms with Crippen LogP contribution < -0.4 is 5.32 Å². The fourth-order valence-corrected chi connectivity index (χ4v) is 3.74. The van der Waals surface area contributed by atoms with Gasteiger partial charge in [-0.2, -0.15) is 0 Å². The molecule has 2 aromatic carbocycles. The molecule has 29 heavy (non-hydrogen) atoms. The van der Waals surface area contributed by atoms with Gasteiger partial charge in [0.15, 0.2) is 0 Å². The van der Waals surface area contributed by atoms with Crippen molar-refractivity contribution in [2.24, 2.45) is 0 Å². The van der Waals surface area contributed by atoms with Gasteiger partial charge in [0.05, 0.1) is 23.3 Å². The van der Waals surface area contributed by atoms with Crippen LogP contribution >= 0.6 is 0 Å². The summed E-state index contributed by atoms with van der Waals surface area (Å²) in [5, 5.41) is 3.05. The minimum Gasteiger partial charge on any atom is -0.381 e. The molecule has 1 aromatic heterocycles. The zero-order valence-corrected chi connectivity index (χ0v) is 16.0. The molecule has 1 amide bonds. The number of nitrogens with zero attached hydrogens (tertiary/aromatic N) is 2. The SMILES string of the molecule is O=C(NCc1cc(-c2ccc(F)cc2)ncn1)C1(c2ccccc2)CCOCC1. The Bertz CT molecular complexity index is 971. The number of carbonyl (C=O) groups excluding carboxylic acids is 1. The summed E-state index contributed by atoms with van der Waals surface area (Å²) in [5.41, 5.74) is 2.60. The molecule has 6 heteroatoms. The minimum absolute atomic E-state index is 0.0195. The number of carbonyl (C=O) groups is 1. The van der Waals surface area contributed by atoms with Crippen LogP contribution in [0.25, 0.3) is 11.3 Å². The lowest BCUT2D eigenvalue weighted by atomic mass is 9.73. The first-order valence-electron chi connectivity index (χ1n) is 9.66. The van der Waals surface area contributed by atoms with E-state index in [2.05, 4.69) is 15.3 Å². The summed E-state index contributed by atoms with van der Waals surface area (Å²) >= 11 is 0. The van der Waals surface area contributed by atoms with Crippen LogP contribution in [-0.4, -0.2) is 29.1 Å². The van der Waals surface area contributed by atoms with Crippen molar-refractivity contribution in [2.45, 2.75) is 24.8 Å². The predicted octanol–water partition coefficient (Wildman–Crippen LogP) is 3.65. The molecule has 0 atom stereocenters. The van der Waals surface area contributed by atoms with Crippen LogP contribution in [-0.2, 0) is 21.5 Å². The number of halogens is 1. The number of ether oxygens (including phenoxy) is 1. The number of benzene rings is 2. The molecule has 0 bridgehead atoms. The molecule has 1 saturated heterocycles. The van der Waals surface area contributed by atoms with Gasteiger partial charge in [0.1, 0.15) is 12.1 Å². The Labute approximate surface area is 169 Å². The molecule has 1 N–H and O–H groups in total. The van der Waals surface area contributed by atoms with E-state index >= 15 is 0 Å². The molecule has 0 spiro atoms. The Hall–Kier alpha value is -3.12. The van der Waals surface area contributed by atoms with Crippen molar-refractivity contribution in [3.63, 3.8) is 0 Å². The van der Waals surface area contributed by atoms with Gasteiger partial charge in [-0.1, -0.05) is 30.3 Å². The van der Waals surface area contributed by atoms with Gasteiger partial charge in [0, 0.05) is 18.8 Å². The number of aromatic nitrogens is 2. The van der Waals surface area contributed by atoms with Crippen LogP contribution in [0.15, 0.2) is 67.0 Å². The van der Waals surface area contributed by atoms with Crippen LogP contribution in [0.1, 0.15) is 24.1 Å². The third kappa shape index (κ3) is 4.17. The summed E-state index contributed by atoms with van der Waals surface area (Å²) in [7, 11) is 0. The van der Waals surface area contributed by atoms with Gasteiger partial charge in [-0.25, -0.2) is 14.4 Å². The Kier molecular flexibility index (Phi) is 5.62. The summed E-state index contributed by atoms with van der Waals surface area (Å²) < 4.78 is 18.7. The van der Waals surface area contributed by atoms with Crippen molar-refractivity contribution in [3.05, 3.63) is 84.1 Å². The lowest BCUT2D eigenvalue weighted by molar-refractivity contribution is -0.130. The summed E-state index contributed by atoms with van der Waals surface area (Å²) in [6.45, 7) is 1.42. The van der Waals surface area contributed by atoms with Crippen LogP contribution in [0.2, 0.25) is 0 Å². The highest BCUT2D eigenvalue weighted by Crippen LogP contribution is 2.35. The molecule has 3 aromatic rings. The molecule has 0 unspecified atom stereocenters. The van der Waals surface area contributed by atoms with Crippen LogP contribution in [0.5, 0.6) is 0 Å². The van der Waals surface area contributed by atoms with Crippen molar-refractivity contribution in [3.8, 4) is 11.3 Å². The number of rotatable bonds is 5. The average molecular weight is 391 g/mol. The second kappa shape index (κ2) is 8.49. The Morgan fingerprint density at radius 3 is 2.48 bits per heavy atom. The second-order valence-electron chi connectivity index (χ2n) is 7.14. The van der Waals surface area contributed by atoms with E-state index in [1.54, 1.807) is 12.1 Å². The maximum Gasteiger partial charge on any atom is 0.231 e. The van der Waals surface area contributed by atoms with Gasteiger partial charge in [0.2, 0.25) is 5.91 Å². The first kappa shape index (κ1) is 19.2. The number of hydrogen-bond acceptors (Lipinski definition) is 4. The maximum atomic E-state index is 13.2. The van der Waals surface area contributed by atoms with E-state index in [-0.39, 0.29) is 11.7 Å². The largest absolute Gasteiger partial charge is 0.381 e. The lowest BCUT2D eigenvalue weighted by Crippen LogP contribution is -2.47. The fourth-order valence-electron chi connectivity index (χ4n) is 3.74. The molecule has 4 rings (SSSR count).